The molecule has 1 aromatic carbocycles. The molecular weight excluding hydrogens is 404 g/mol. The van der Waals surface area contributed by atoms with Gasteiger partial charge in [0.15, 0.2) is 0 Å². The molecule has 0 aliphatic heterocycles. The minimum absolute atomic E-state index is 0. The van der Waals surface area contributed by atoms with Crippen molar-refractivity contribution in [3.63, 3.8) is 0 Å². The molecule has 0 aromatic heterocycles. The van der Waals surface area contributed by atoms with Crippen LogP contribution in [0.2, 0.25) is 0 Å². The summed E-state index contributed by atoms with van der Waals surface area (Å²) in [6, 6.07) is 5.54. The van der Waals surface area contributed by atoms with Crippen LogP contribution < -0.4 is 20.4 Å². The van der Waals surface area contributed by atoms with Crippen LogP contribution in [-0.2, 0) is 40.9 Å². The predicted molar refractivity (Wildman–Crippen MR) is 73.8 cm³/mol. The van der Waals surface area contributed by atoms with Gasteiger partial charge in [0.25, 0.3) is 0 Å². The summed E-state index contributed by atoms with van der Waals surface area (Å²) in [6.07, 6.45) is 1.71. The van der Waals surface area contributed by atoms with Crippen LogP contribution in [0.15, 0.2) is 48.6 Å². The summed E-state index contributed by atoms with van der Waals surface area (Å²) in [4.78, 5) is 48.0. The van der Waals surface area contributed by atoms with Crippen molar-refractivity contribution in [1.82, 2.24) is 0 Å². The van der Waals surface area contributed by atoms with E-state index in [1.54, 1.807) is 0 Å². The third-order valence-electron chi connectivity index (χ3n) is 1.83. The average molecular weight is 414 g/mol. The number of benzene rings is 1. The summed E-state index contributed by atoms with van der Waals surface area (Å²) < 4.78 is 0. The van der Waals surface area contributed by atoms with E-state index < -0.39 is 35.6 Å². The number of aliphatic carboxylic acids is 4. The van der Waals surface area contributed by atoms with Gasteiger partial charge < -0.3 is 45.0 Å². The number of rotatable bonds is 5. The Morgan fingerprint density at radius 2 is 1.11 bits per heavy atom. The van der Waals surface area contributed by atoms with Gasteiger partial charge in [-0.1, -0.05) is 23.9 Å². The molecule has 2 N–H and O–H groups in total. The number of carboxylic acid groups (broad SMARTS) is 5. The summed E-state index contributed by atoms with van der Waals surface area (Å²) in [7, 11) is 0. The molecule has 0 fully saturated rings. The normalized spacial score (nSPS) is 9.04. The van der Waals surface area contributed by atoms with Crippen molar-refractivity contribution in [3.8, 4) is 5.75 Å². The molecule has 140 valence electrons. The van der Waals surface area contributed by atoms with Gasteiger partial charge in [-0.2, -0.15) is 0 Å². The SMILES string of the molecule is O=C(O)c1ccccc1[O-].O=C([O-])/C=C\C(=O)O.O=C([O-])/C=C\C(=O)[O-].[Ti+4]. The predicted octanol–water partition coefficient (Wildman–Crippen LogP) is -4.12. The van der Waals surface area contributed by atoms with Gasteiger partial charge in [-0.3, -0.25) is 0 Å². The van der Waals surface area contributed by atoms with E-state index in [4.69, 9.17) is 10.2 Å². The quantitative estimate of drug-likeness (QED) is 0.348. The van der Waals surface area contributed by atoms with Crippen LogP contribution in [-0.4, -0.2) is 40.1 Å². The van der Waals surface area contributed by atoms with E-state index in [2.05, 4.69) is 0 Å². The van der Waals surface area contributed by atoms with Crippen LogP contribution in [0.25, 0.3) is 0 Å². The fourth-order valence-electron chi connectivity index (χ4n) is 0.919. The van der Waals surface area contributed by atoms with Gasteiger partial charge in [-0.25, -0.2) is 9.59 Å². The van der Waals surface area contributed by atoms with Gasteiger partial charge in [0, 0.05) is 6.08 Å². The van der Waals surface area contributed by atoms with E-state index in [0.717, 1.165) is 0 Å². The van der Waals surface area contributed by atoms with Crippen LogP contribution in [0.4, 0.5) is 0 Å². The number of carbonyl (C=O) groups excluding carboxylic acids is 3. The molecule has 0 saturated carbocycles. The van der Waals surface area contributed by atoms with Gasteiger partial charge in [-0.15, -0.1) is 0 Å². The maximum atomic E-state index is 10.7. The molecule has 0 aliphatic carbocycles. The van der Waals surface area contributed by atoms with E-state index in [1.165, 1.54) is 24.3 Å². The Morgan fingerprint density at radius 1 is 0.741 bits per heavy atom. The Balaban J connectivity index is -0.000000318. The number of carbonyl (C=O) groups is 5. The van der Waals surface area contributed by atoms with Crippen molar-refractivity contribution >= 4 is 29.8 Å². The van der Waals surface area contributed by atoms with E-state index in [9.17, 15) is 44.4 Å². The smallest absolute Gasteiger partial charge is 0.872 e. The molecular formula is C15H10O11Ti. The number of hydrogen-bond donors (Lipinski definition) is 2. The summed E-state index contributed by atoms with van der Waals surface area (Å²) >= 11 is 0. The largest absolute Gasteiger partial charge is 4.00 e. The number of para-hydroxylation sites is 1. The molecule has 0 saturated heterocycles. The molecule has 0 unspecified atom stereocenters. The first kappa shape index (κ1) is 28.4. The minimum Gasteiger partial charge on any atom is -0.872 e. The Kier molecular flexibility index (Phi) is 16.9. The molecule has 0 radical (unpaired) electrons. The van der Waals surface area contributed by atoms with E-state index in [1.807, 2.05) is 0 Å². The number of hydrogen-bond acceptors (Lipinski definition) is 9. The maximum Gasteiger partial charge on any atom is 4.00 e. The van der Waals surface area contributed by atoms with Crippen molar-refractivity contribution in [2.75, 3.05) is 0 Å². The second-order valence-corrected chi connectivity index (χ2v) is 3.76. The van der Waals surface area contributed by atoms with Crippen LogP contribution in [0, 0.1) is 0 Å². The van der Waals surface area contributed by atoms with Crippen molar-refractivity contribution in [1.29, 1.82) is 0 Å². The Bertz CT molecular complexity index is 656. The molecule has 27 heavy (non-hydrogen) atoms. The maximum absolute atomic E-state index is 10.7. The first-order chi connectivity index (χ1) is 12.0. The van der Waals surface area contributed by atoms with Crippen LogP contribution >= 0.6 is 0 Å². The monoisotopic (exact) mass is 414 g/mol. The zero-order valence-electron chi connectivity index (χ0n) is 13.2. The third-order valence-corrected chi connectivity index (χ3v) is 1.83. The number of aromatic carboxylic acids is 1. The Hall–Kier alpha value is -3.44. The zero-order chi connectivity index (χ0) is 20.7. The molecule has 0 aliphatic rings. The molecule has 11 nitrogen and oxygen atoms in total. The van der Waals surface area contributed by atoms with E-state index >= 15 is 0 Å². The van der Waals surface area contributed by atoms with Crippen LogP contribution in [0.5, 0.6) is 5.75 Å². The summed E-state index contributed by atoms with van der Waals surface area (Å²) in [6.45, 7) is 0. The fraction of sp³-hybridized carbons (Fsp3) is 0. The summed E-state index contributed by atoms with van der Waals surface area (Å²) in [5.41, 5.74) is -0.178. The molecule has 1 rings (SSSR count). The second kappa shape index (κ2) is 16.1. The van der Waals surface area contributed by atoms with Gasteiger partial charge in [-0.05, 0) is 24.3 Å². The zero-order valence-corrected chi connectivity index (χ0v) is 14.7. The van der Waals surface area contributed by atoms with Gasteiger partial charge in [0.2, 0.25) is 0 Å². The first-order valence-electron chi connectivity index (χ1n) is 6.18. The molecule has 1 aromatic rings. The topological polar surface area (TPSA) is 218 Å². The first-order valence-corrected chi connectivity index (χ1v) is 6.18. The fourth-order valence-corrected chi connectivity index (χ4v) is 0.919. The third kappa shape index (κ3) is 20.5. The van der Waals surface area contributed by atoms with Crippen molar-refractivity contribution in [2.45, 2.75) is 0 Å². The average Bonchev–Trinajstić information content (AvgIpc) is 2.52. The van der Waals surface area contributed by atoms with Crippen LogP contribution in [0.3, 0.4) is 0 Å². The van der Waals surface area contributed by atoms with Gasteiger partial charge >= 0.3 is 33.7 Å². The number of carboxylic acids is 5. The Morgan fingerprint density at radius 3 is 1.33 bits per heavy atom. The summed E-state index contributed by atoms with van der Waals surface area (Å²) in [5, 5.41) is 55.1. The van der Waals surface area contributed by atoms with Crippen molar-refractivity contribution in [3.05, 3.63) is 54.1 Å². The molecule has 0 bridgehead atoms. The Labute approximate surface area is 166 Å². The molecule has 0 spiro atoms. The molecule has 0 atom stereocenters. The van der Waals surface area contributed by atoms with Crippen LogP contribution in [0.1, 0.15) is 10.4 Å². The summed E-state index contributed by atoms with van der Waals surface area (Å²) in [5.74, 6) is -7.52. The van der Waals surface area contributed by atoms with E-state index in [-0.39, 0.29) is 27.3 Å². The standard InChI is InChI=1S/C7H6O3.2C4H4O4.Ti/c8-6-4-2-1-3-5(6)7(9)10;2*5-3(6)1-2-4(7)8;/h1-4,8H,(H,9,10);2*1-2H,(H,5,6)(H,7,8);/q;;;+4/p-4/b;2*2-1-;. The molecule has 12 heteroatoms. The van der Waals surface area contributed by atoms with Crippen molar-refractivity contribution in [2.24, 2.45) is 0 Å². The van der Waals surface area contributed by atoms with Crippen molar-refractivity contribution < 1.29 is 76.3 Å². The second-order valence-electron chi connectivity index (χ2n) is 3.76. The minimum atomic E-state index is -1.55. The van der Waals surface area contributed by atoms with Gasteiger partial charge in [0.1, 0.15) is 0 Å². The molecule has 0 amide bonds. The van der Waals surface area contributed by atoms with E-state index in [0.29, 0.717) is 24.3 Å². The molecule has 0 heterocycles. The van der Waals surface area contributed by atoms with Gasteiger partial charge in [0.05, 0.1) is 23.5 Å².